The van der Waals surface area contributed by atoms with Crippen molar-refractivity contribution in [2.75, 3.05) is 26.2 Å². The molecule has 0 spiro atoms. The molecule has 3 nitrogen and oxygen atoms in total. The molecule has 2 aliphatic rings. The Balaban J connectivity index is 1.41. The molecule has 33 heavy (non-hydrogen) atoms. The lowest BCUT2D eigenvalue weighted by Crippen LogP contribution is -2.53. The highest BCUT2D eigenvalue weighted by Crippen LogP contribution is 2.43. The van der Waals surface area contributed by atoms with Gasteiger partial charge >= 0.3 is 0 Å². The largest absolute Gasteiger partial charge is 0.338 e. The van der Waals surface area contributed by atoms with Crippen LogP contribution in [0.3, 0.4) is 0 Å². The number of fused-ring (bicyclic) bond motifs is 1. The van der Waals surface area contributed by atoms with E-state index in [9.17, 15) is 4.79 Å². The molecule has 0 aliphatic carbocycles. The van der Waals surface area contributed by atoms with Gasteiger partial charge in [-0.3, -0.25) is 4.79 Å². The fraction of sp³-hybridized carbons (Fsp3) is 0.367. The summed E-state index contributed by atoms with van der Waals surface area (Å²) in [5.41, 5.74) is 4.46. The zero-order chi connectivity index (χ0) is 22.7. The van der Waals surface area contributed by atoms with Gasteiger partial charge < -0.3 is 9.80 Å². The van der Waals surface area contributed by atoms with E-state index in [1.165, 1.54) is 29.5 Å². The van der Waals surface area contributed by atoms with Gasteiger partial charge in [-0.25, -0.2) is 0 Å². The summed E-state index contributed by atoms with van der Waals surface area (Å²) in [6.45, 7) is 6.67. The third-order valence-corrected chi connectivity index (χ3v) is 7.80. The normalized spacial score (nSPS) is 21.7. The lowest BCUT2D eigenvalue weighted by molar-refractivity contribution is -0.138. The highest BCUT2D eigenvalue weighted by atomic mass is 16.2. The molecular weight excluding hydrogens is 404 g/mol. The Kier molecular flexibility index (Phi) is 6.32. The van der Waals surface area contributed by atoms with Crippen molar-refractivity contribution in [3.63, 3.8) is 0 Å². The lowest BCUT2D eigenvalue weighted by Gasteiger charge is -2.44. The van der Waals surface area contributed by atoms with Crippen LogP contribution in [0, 0.1) is 0 Å². The molecule has 3 heteroatoms. The molecule has 5 rings (SSSR count). The second kappa shape index (κ2) is 9.52. The first-order valence-corrected chi connectivity index (χ1v) is 12.4. The zero-order valence-electron chi connectivity index (χ0n) is 19.6. The van der Waals surface area contributed by atoms with Crippen LogP contribution < -0.4 is 0 Å². The first-order chi connectivity index (χ1) is 16.2. The highest BCUT2D eigenvalue weighted by Gasteiger charge is 2.48. The van der Waals surface area contributed by atoms with Gasteiger partial charge in [0.2, 0.25) is 5.91 Å². The van der Waals surface area contributed by atoms with E-state index in [1.54, 1.807) is 0 Å². The molecule has 0 radical (unpaired) electrons. The molecule has 1 fully saturated rings. The number of hydrogen-bond donors (Lipinski definition) is 0. The third kappa shape index (κ3) is 4.11. The van der Waals surface area contributed by atoms with Crippen LogP contribution in [-0.2, 0) is 16.8 Å². The highest BCUT2D eigenvalue weighted by molar-refractivity contribution is 5.94. The minimum Gasteiger partial charge on any atom is -0.338 e. The second-order valence-electron chi connectivity index (χ2n) is 9.52. The van der Waals surface area contributed by atoms with E-state index in [4.69, 9.17) is 0 Å². The molecule has 2 heterocycles. The summed E-state index contributed by atoms with van der Waals surface area (Å²) in [6.07, 6.45) is 3.20. The molecule has 0 saturated carbocycles. The summed E-state index contributed by atoms with van der Waals surface area (Å²) in [4.78, 5) is 18.7. The quantitative estimate of drug-likeness (QED) is 0.500. The van der Waals surface area contributed by atoms with Crippen molar-refractivity contribution < 1.29 is 4.79 Å². The van der Waals surface area contributed by atoms with Crippen molar-refractivity contribution in [1.29, 1.82) is 0 Å². The number of carbonyl (C=O) groups excluding carboxylic acids is 1. The average Bonchev–Trinajstić information content (AvgIpc) is 2.89. The third-order valence-electron chi connectivity index (χ3n) is 7.80. The van der Waals surface area contributed by atoms with Gasteiger partial charge in [0.25, 0.3) is 0 Å². The SMILES string of the molecule is CCN1Cc2ccccc2C(CCN2CCC(c3ccccc3)CC2)(c2ccccc2)C1=O. The van der Waals surface area contributed by atoms with Crippen molar-refractivity contribution in [2.24, 2.45) is 0 Å². The molecule has 170 valence electrons. The Morgan fingerprint density at radius 1 is 0.848 bits per heavy atom. The zero-order valence-corrected chi connectivity index (χ0v) is 19.6. The molecular formula is C30H34N2O. The first-order valence-electron chi connectivity index (χ1n) is 12.4. The summed E-state index contributed by atoms with van der Waals surface area (Å²) in [5, 5.41) is 0. The Labute approximate surface area is 198 Å². The van der Waals surface area contributed by atoms with Gasteiger partial charge in [-0.15, -0.1) is 0 Å². The molecule has 0 bridgehead atoms. The van der Waals surface area contributed by atoms with Gasteiger partial charge in [-0.05, 0) is 74.0 Å². The second-order valence-corrected chi connectivity index (χ2v) is 9.52. The van der Waals surface area contributed by atoms with E-state index in [-0.39, 0.29) is 5.91 Å². The van der Waals surface area contributed by atoms with E-state index >= 15 is 0 Å². The first kappa shape index (κ1) is 21.9. The minimum absolute atomic E-state index is 0.258. The number of piperidine rings is 1. The van der Waals surface area contributed by atoms with Crippen molar-refractivity contribution in [2.45, 2.75) is 44.1 Å². The van der Waals surface area contributed by atoms with Gasteiger partial charge in [0.15, 0.2) is 0 Å². The summed E-state index contributed by atoms with van der Waals surface area (Å²) >= 11 is 0. The van der Waals surface area contributed by atoms with Gasteiger partial charge in [0.05, 0.1) is 0 Å². The van der Waals surface area contributed by atoms with Crippen LogP contribution in [0.4, 0.5) is 0 Å². The number of hydrogen-bond acceptors (Lipinski definition) is 2. The fourth-order valence-corrected chi connectivity index (χ4v) is 5.92. The molecule has 1 amide bonds. The Morgan fingerprint density at radius 2 is 1.48 bits per heavy atom. The smallest absolute Gasteiger partial charge is 0.238 e. The number of nitrogens with zero attached hydrogens (tertiary/aromatic N) is 2. The summed E-state index contributed by atoms with van der Waals surface area (Å²) < 4.78 is 0. The van der Waals surface area contributed by atoms with E-state index in [1.807, 2.05) is 11.0 Å². The van der Waals surface area contributed by atoms with E-state index in [0.29, 0.717) is 12.5 Å². The fourth-order valence-electron chi connectivity index (χ4n) is 5.92. The number of benzene rings is 3. The Bertz CT molecular complexity index is 1070. The molecule has 3 aromatic carbocycles. The summed E-state index contributed by atoms with van der Waals surface area (Å²) in [7, 11) is 0. The Morgan fingerprint density at radius 3 is 2.18 bits per heavy atom. The van der Waals surface area contributed by atoms with Crippen LogP contribution in [0.15, 0.2) is 84.9 Å². The van der Waals surface area contributed by atoms with E-state index in [0.717, 1.165) is 38.2 Å². The number of likely N-dealkylation sites (tertiary alicyclic amines) is 1. The molecule has 1 atom stereocenters. The lowest BCUT2D eigenvalue weighted by atomic mass is 9.67. The van der Waals surface area contributed by atoms with E-state index in [2.05, 4.69) is 90.7 Å². The van der Waals surface area contributed by atoms with Crippen molar-refractivity contribution in [3.05, 3.63) is 107 Å². The molecule has 0 N–H and O–H groups in total. The van der Waals surface area contributed by atoms with Crippen LogP contribution in [0.1, 0.15) is 54.4 Å². The number of likely N-dealkylation sites (N-methyl/N-ethyl adjacent to an activating group) is 1. The number of amides is 1. The molecule has 1 unspecified atom stereocenters. The number of rotatable bonds is 6. The molecule has 3 aromatic rings. The molecule has 1 saturated heterocycles. The molecule has 0 aromatic heterocycles. The number of carbonyl (C=O) groups is 1. The maximum atomic E-state index is 14.1. The molecule has 2 aliphatic heterocycles. The average molecular weight is 439 g/mol. The van der Waals surface area contributed by atoms with Crippen molar-refractivity contribution >= 4 is 5.91 Å². The summed E-state index contributed by atoms with van der Waals surface area (Å²) in [6, 6.07) is 30.0. The maximum absolute atomic E-state index is 14.1. The standard InChI is InChI=1S/C30H34N2O/c1-2-32-23-26-13-9-10-16-28(26)30(29(32)33,27-14-7-4-8-15-27)19-22-31-20-17-25(18-21-31)24-11-5-3-6-12-24/h3-16,25H,2,17-23H2,1H3. The maximum Gasteiger partial charge on any atom is 0.238 e. The van der Waals surface area contributed by atoms with Crippen LogP contribution in [0.2, 0.25) is 0 Å². The van der Waals surface area contributed by atoms with E-state index < -0.39 is 5.41 Å². The van der Waals surface area contributed by atoms with Crippen LogP contribution >= 0.6 is 0 Å². The van der Waals surface area contributed by atoms with Crippen LogP contribution in [0.25, 0.3) is 0 Å². The van der Waals surface area contributed by atoms with Crippen LogP contribution in [0.5, 0.6) is 0 Å². The predicted molar refractivity (Wildman–Crippen MR) is 134 cm³/mol. The van der Waals surface area contributed by atoms with Crippen LogP contribution in [-0.4, -0.2) is 41.9 Å². The monoisotopic (exact) mass is 438 g/mol. The van der Waals surface area contributed by atoms with Gasteiger partial charge in [-0.2, -0.15) is 0 Å². The van der Waals surface area contributed by atoms with Gasteiger partial charge in [0, 0.05) is 13.1 Å². The van der Waals surface area contributed by atoms with Crippen molar-refractivity contribution in [1.82, 2.24) is 9.80 Å². The van der Waals surface area contributed by atoms with Gasteiger partial charge in [-0.1, -0.05) is 84.9 Å². The minimum atomic E-state index is -0.609. The predicted octanol–water partition coefficient (Wildman–Crippen LogP) is 5.60. The topological polar surface area (TPSA) is 23.6 Å². The van der Waals surface area contributed by atoms with Crippen molar-refractivity contribution in [3.8, 4) is 0 Å². The summed E-state index contributed by atoms with van der Waals surface area (Å²) in [5.74, 6) is 0.909. The van der Waals surface area contributed by atoms with Gasteiger partial charge in [0.1, 0.15) is 5.41 Å². The Hall–Kier alpha value is -2.91.